The molecule has 156 valence electrons. The molecule has 1 aliphatic heterocycles. The summed E-state index contributed by atoms with van der Waals surface area (Å²) in [5.74, 6) is 1.61. The SMILES string of the molecule is CC(C)=CCN1CCC(NC(=O)c2ccccc2SCc2c(C)noc2C)CC1. The fourth-order valence-corrected chi connectivity index (χ4v) is 4.68. The average molecular weight is 414 g/mol. The number of aromatic nitrogens is 1. The molecule has 0 atom stereocenters. The summed E-state index contributed by atoms with van der Waals surface area (Å²) < 4.78 is 5.25. The molecular weight excluding hydrogens is 382 g/mol. The lowest BCUT2D eigenvalue weighted by Crippen LogP contribution is -2.44. The number of nitrogens with zero attached hydrogens (tertiary/aromatic N) is 2. The molecule has 1 aromatic carbocycles. The first-order valence-corrected chi connectivity index (χ1v) is 11.2. The highest BCUT2D eigenvalue weighted by Crippen LogP contribution is 2.29. The van der Waals surface area contributed by atoms with E-state index in [0.29, 0.717) is 0 Å². The second-order valence-electron chi connectivity index (χ2n) is 7.92. The zero-order valence-electron chi connectivity index (χ0n) is 17.8. The van der Waals surface area contributed by atoms with Crippen LogP contribution in [0, 0.1) is 13.8 Å². The lowest BCUT2D eigenvalue weighted by molar-refractivity contribution is 0.0911. The molecule has 3 rings (SSSR count). The van der Waals surface area contributed by atoms with E-state index < -0.39 is 0 Å². The number of likely N-dealkylation sites (tertiary alicyclic amines) is 1. The average Bonchev–Trinajstić information content (AvgIpc) is 3.03. The Bertz CT molecular complexity index is 843. The van der Waals surface area contributed by atoms with Gasteiger partial charge in [0.15, 0.2) is 0 Å². The van der Waals surface area contributed by atoms with Crippen LogP contribution in [0.25, 0.3) is 0 Å². The van der Waals surface area contributed by atoms with Crippen molar-refractivity contribution in [2.75, 3.05) is 19.6 Å². The van der Waals surface area contributed by atoms with Gasteiger partial charge in [-0.2, -0.15) is 0 Å². The van der Waals surface area contributed by atoms with Crippen LogP contribution in [0.3, 0.4) is 0 Å². The number of benzene rings is 1. The van der Waals surface area contributed by atoms with E-state index in [4.69, 9.17) is 4.52 Å². The second kappa shape index (κ2) is 10.1. The molecule has 0 bridgehead atoms. The summed E-state index contributed by atoms with van der Waals surface area (Å²) in [5, 5.41) is 7.27. The topological polar surface area (TPSA) is 58.4 Å². The van der Waals surface area contributed by atoms with Crippen molar-refractivity contribution in [3.8, 4) is 0 Å². The van der Waals surface area contributed by atoms with Gasteiger partial charge in [-0.05, 0) is 52.7 Å². The molecule has 6 heteroatoms. The molecule has 1 N–H and O–H groups in total. The third-order valence-electron chi connectivity index (χ3n) is 5.37. The first-order chi connectivity index (χ1) is 13.9. The van der Waals surface area contributed by atoms with E-state index >= 15 is 0 Å². The Kier molecular flexibility index (Phi) is 7.56. The quantitative estimate of drug-likeness (QED) is 0.525. The van der Waals surface area contributed by atoms with E-state index in [1.54, 1.807) is 11.8 Å². The number of carbonyl (C=O) groups excluding carboxylic acids is 1. The highest BCUT2D eigenvalue weighted by atomic mass is 32.2. The van der Waals surface area contributed by atoms with Crippen LogP contribution in [0.2, 0.25) is 0 Å². The van der Waals surface area contributed by atoms with Gasteiger partial charge in [0.25, 0.3) is 5.91 Å². The van der Waals surface area contributed by atoms with Crippen LogP contribution in [0.1, 0.15) is 54.1 Å². The van der Waals surface area contributed by atoms with E-state index in [9.17, 15) is 4.79 Å². The van der Waals surface area contributed by atoms with Crippen LogP contribution < -0.4 is 5.32 Å². The first-order valence-electron chi connectivity index (χ1n) is 10.2. The monoisotopic (exact) mass is 413 g/mol. The lowest BCUT2D eigenvalue weighted by Gasteiger charge is -2.31. The predicted octanol–water partition coefficient (Wildman–Crippen LogP) is 4.74. The number of hydrogen-bond donors (Lipinski definition) is 1. The maximum absolute atomic E-state index is 12.9. The number of rotatable bonds is 7. The molecule has 0 aliphatic carbocycles. The molecule has 29 heavy (non-hydrogen) atoms. The molecule has 5 nitrogen and oxygen atoms in total. The summed E-state index contributed by atoms with van der Waals surface area (Å²) >= 11 is 1.66. The van der Waals surface area contributed by atoms with Gasteiger partial charge in [-0.1, -0.05) is 28.9 Å². The van der Waals surface area contributed by atoms with Gasteiger partial charge in [-0.3, -0.25) is 9.69 Å². The van der Waals surface area contributed by atoms with Crippen molar-refractivity contribution in [1.29, 1.82) is 0 Å². The zero-order valence-corrected chi connectivity index (χ0v) is 18.6. The fraction of sp³-hybridized carbons (Fsp3) is 0.478. The molecule has 1 amide bonds. The fourth-order valence-electron chi connectivity index (χ4n) is 3.47. The number of carbonyl (C=O) groups is 1. The van der Waals surface area contributed by atoms with Crippen LogP contribution in [0.5, 0.6) is 0 Å². The summed E-state index contributed by atoms with van der Waals surface area (Å²) in [6, 6.07) is 8.07. The van der Waals surface area contributed by atoms with Crippen LogP contribution in [-0.4, -0.2) is 41.6 Å². The van der Waals surface area contributed by atoms with Gasteiger partial charge in [-0.25, -0.2) is 0 Å². The van der Waals surface area contributed by atoms with Gasteiger partial charge in [0.05, 0.1) is 11.3 Å². The molecule has 0 spiro atoms. The number of aryl methyl sites for hydroxylation is 2. The molecule has 2 heterocycles. The summed E-state index contributed by atoms with van der Waals surface area (Å²) in [6.45, 7) is 11.2. The Morgan fingerprint density at radius 3 is 2.66 bits per heavy atom. The number of allylic oxidation sites excluding steroid dienone is 1. The van der Waals surface area contributed by atoms with E-state index in [1.165, 1.54) is 5.57 Å². The molecule has 2 aromatic rings. The van der Waals surface area contributed by atoms with Crippen LogP contribution >= 0.6 is 11.8 Å². The van der Waals surface area contributed by atoms with E-state index in [0.717, 1.165) is 65.7 Å². The first kappa shape index (κ1) is 21.7. The normalized spacial score (nSPS) is 15.3. The molecule has 0 radical (unpaired) electrons. The van der Waals surface area contributed by atoms with Crippen molar-refractivity contribution in [3.05, 3.63) is 58.5 Å². The number of hydrogen-bond acceptors (Lipinski definition) is 5. The second-order valence-corrected chi connectivity index (χ2v) is 8.93. The number of thioether (sulfide) groups is 1. The van der Waals surface area contributed by atoms with Crippen LogP contribution in [-0.2, 0) is 5.75 Å². The van der Waals surface area contributed by atoms with Gasteiger partial charge in [0.2, 0.25) is 0 Å². The summed E-state index contributed by atoms with van der Waals surface area (Å²) in [5.41, 5.74) is 4.12. The van der Waals surface area contributed by atoms with E-state index in [2.05, 4.69) is 35.3 Å². The van der Waals surface area contributed by atoms with Crippen molar-refractivity contribution in [1.82, 2.24) is 15.4 Å². The highest BCUT2D eigenvalue weighted by Gasteiger charge is 2.22. The number of amides is 1. The zero-order chi connectivity index (χ0) is 20.8. The highest BCUT2D eigenvalue weighted by molar-refractivity contribution is 7.98. The van der Waals surface area contributed by atoms with Crippen molar-refractivity contribution < 1.29 is 9.32 Å². The molecular formula is C23H31N3O2S. The van der Waals surface area contributed by atoms with Gasteiger partial charge in [0, 0.05) is 41.9 Å². The predicted molar refractivity (Wildman–Crippen MR) is 118 cm³/mol. The summed E-state index contributed by atoms with van der Waals surface area (Å²) in [7, 11) is 0. The van der Waals surface area contributed by atoms with E-state index in [-0.39, 0.29) is 11.9 Å². The Morgan fingerprint density at radius 1 is 1.28 bits per heavy atom. The molecule has 1 aromatic heterocycles. The summed E-state index contributed by atoms with van der Waals surface area (Å²) in [4.78, 5) is 16.4. The van der Waals surface area contributed by atoms with Crippen LogP contribution in [0.4, 0.5) is 0 Å². The summed E-state index contributed by atoms with van der Waals surface area (Å²) in [6.07, 6.45) is 4.26. The maximum atomic E-state index is 12.9. The minimum atomic E-state index is 0.0228. The molecule has 0 saturated carbocycles. The Morgan fingerprint density at radius 2 is 2.00 bits per heavy atom. The largest absolute Gasteiger partial charge is 0.361 e. The van der Waals surface area contributed by atoms with Crippen LogP contribution in [0.15, 0.2) is 45.3 Å². The van der Waals surface area contributed by atoms with Crippen molar-refractivity contribution in [2.24, 2.45) is 0 Å². The van der Waals surface area contributed by atoms with Gasteiger partial charge >= 0.3 is 0 Å². The number of piperidine rings is 1. The smallest absolute Gasteiger partial charge is 0.252 e. The maximum Gasteiger partial charge on any atom is 0.252 e. The van der Waals surface area contributed by atoms with Crippen molar-refractivity contribution in [2.45, 2.75) is 57.2 Å². The molecule has 0 unspecified atom stereocenters. The molecule has 1 aliphatic rings. The molecule has 1 fully saturated rings. The van der Waals surface area contributed by atoms with Crippen molar-refractivity contribution >= 4 is 17.7 Å². The minimum Gasteiger partial charge on any atom is -0.361 e. The Labute approximate surface area is 177 Å². The Hall–Kier alpha value is -2.05. The Balaban J connectivity index is 1.57. The number of nitrogens with one attached hydrogen (secondary N) is 1. The van der Waals surface area contributed by atoms with E-state index in [1.807, 2.05) is 38.1 Å². The van der Waals surface area contributed by atoms with Crippen molar-refractivity contribution in [3.63, 3.8) is 0 Å². The lowest BCUT2D eigenvalue weighted by atomic mass is 10.0. The van der Waals surface area contributed by atoms with Gasteiger partial charge < -0.3 is 9.84 Å². The third-order valence-corrected chi connectivity index (χ3v) is 6.47. The standard InChI is InChI=1S/C23H31N3O2S/c1-16(2)9-12-26-13-10-19(11-14-26)24-23(27)20-7-5-6-8-22(20)29-15-21-17(3)25-28-18(21)4/h5-9,19H,10-15H2,1-4H3,(H,24,27). The molecule has 1 saturated heterocycles. The third kappa shape index (κ3) is 5.97. The van der Waals surface area contributed by atoms with Gasteiger partial charge in [0.1, 0.15) is 5.76 Å². The minimum absolute atomic E-state index is 0.0228. The van der Waals surface area contributed by atoms with Gasteiger partial charge in [-0.15, -0.1) is 11.8 Å².